The Kier molecular flexibility index (Phi) is 4.26. The first-order valence-electron chi connectivity index (χ1n) is 6.54. The molecule has 0 aromatic heterocycles. The van der Waals surface area contributed by atoms with Gasteiger partial charge in [0.2, 0.25) is 10.0 Å². The third-order valence-electron chi connectivity index (χ3n) is 3.29. The van der Waals surface area contributed by atoms with Crippen LogP contribution < -0.4 is 4.72 Å². The standard InChI is InChI=1S/C16H19NO2S/c1-12-9-10-13(2)16(11-12)14(3)17-20(18,19)15-7-5-4-6-8-15/h4-11,14,17H,1-3H3/t14-/m1/s1. The minimum absolute atomic E-state index is 0.264. The number of benzene rings is 2. The number of sulfonamides is 1. The van der Waals surface area contributed by atoms with Gasteiger partial charge in [0.05, 0.1) is 4.90 Å². The van der Waals surface area contributed by atoms with Crippen molar-refractivity contribution in [3.05, 3.63) is 65.2 Å². The lowest BCUT2D eigenvalue weighted by molar-refractivity contribution is 0.566. The van der Waals surface area contributed by atoms with Crippen LogP contribution in [0.15, 0.2) is 53.4 Å². The molecule has 2 aromatic rings. The highest BCUT2D eigenvalue weighted by molar-refractivity contribution is 7.89. The van der Waals surface area contributed by atoms with E-state index in [2.05, 4.69) is 4.72 Å². The van der Waals surface area contributed by atoms with Crippen molar-refractivity contribution in [3.8, 4) is 0 Å². The van der Waals surface area contributed by atoms with Gasteiger partial charge in [0.1, 0.15) is 0 Å². The lowest BCUT2D eigenvalue weighted by Crippen LogP contribution is -2.27. The van der Waals surface area contributed by atoms with Gasteiger partial charge in [-0.15, -0.1) is 0 Å². The fourth-order valence-corrected chi connectivity index (χ4v) is 3.43. The van der Waals surface area contributed by atoms with Crippen molar-refractivity contribution in [1.82, 2.24) is 4.72 Å². The summed E-state index contributed by atoms with van der Waals surface area (Å²) in [6, 6.07) is 14.2. The minimum atomic E-state index is -3.49. The maximum Gasteiger partial charge on any atom is 0.241 e. The second-order valence-electron chi connectivity index (χ2n) is 5.02. The number of rotatable bonds is 4. The van der Waals surface area contributed by atoms with Gasteiger partial charge in [-0.2, -0.15) is 0 Å². The molecule has 2 aromatic carbocycles. The van der Waals surface area contributed by atoms with Gasteiger partial charge in [-0.3, -0.25) is 0 Å². The van der Waals surface area contributed by atoms with Gasteiger partial charge in [-0.25, -0.2) is 13.1 Å². The Hall–Kier alpha value is -1.65. The molecule has 4 heteroatoms. The average molecular weight is 289 g/mol. The lowest BCUT2D eigenvalue weighted by atomic mass is 10.0. The molecule has 0 aliphatic heterocycles. The Morgan fingerprint density at radius 3 is 2.30 bits per heavy atom. The zero-order chi connectivity index (χ0) is 14.8. The average Bonchev–Trinajstić information content (AvgIpc) is 2.42. The van der Waals surface area contributed by atoms with E-state index in [4.69, 9.17) is 0 Å². The van der Waals surface area contributed by atoms with Gasteiger partial charge in [-0.05, 0) is 44.0 Å². The van der Waals surface area contributed by atoms with Gasteiger partial charge in [0, 0.05) is 6.04 Å². The number of hydrogen-bond donors (Lipinski definition) is 1. The highest BCUT2D eigenvalue weighted by Gasteiger charge is 2.18. The normalized spacial score (nSPS) is 13.2. The Labute approximate surface area is 120 Å². The summed E-state index contributed by atoms with van der Waals surface area (Å²) in [5.41, 5.74) is 3.21. The first kappa shape index (κ1) is 14.8. The molecule has 1 atom stereocenters. The maximum atomic E-state index is 12.3. The van der Waals surface area contributed by atoms with Crippen molar-refractivity contribution in [3.63, 3.8) is 0 Å². The zero-order valence-corrected chi connectivity index (χ0v) is 12.7. The molecule has 1 N–H and O–H groups in total. The SMILES string of the molecule is Cc1ccc(C)c([C@@H](C)NS(=O)(=O)c2ccccc2)c1. The second-order valence-corrected chi connectivity index (χ2v) is 6.73. The summed E-state index contributed by atoms with van der Waals surface area (Å²) in [4.78, 5) is 0.289. The molecule has 0 saturated carbocycles. The van der Waals surface area contributed by atoms with Gasteiger partial charge in [0.25, 0.3) is 0 Å². The molecule has 0 unspecified atom stereocenters. The lowest BCUT2D eigenvalue weighted by Gasteiger charge is -2.17. The van der Waals surface area contributed by atoms with Crippen LogP contribution in [-0.4, -0.2) is 8.42 Å². The van der Waals surface area contributed by atoms with E-state index in [-0.39, 0.29) is 10.9 Å². The van der Waals surface area contributed by atoms with E-state index in [1.54, 1.807) is 30.3 Å². The predicted molar refractivity (Wildman–Crippen MR) is 81.1 cm³/mol. The Morgan fingerprint density at radius 2 is 1.65 bits per heavy atom. The third-order valence-corrected chi connectivity index (χ3v) is 4.84. The molecule has 0 spiro atoms. The van der Waals surface area contributed by atoms with Crippen LogP contribution in [-0.2, 0) is 10.0 Å². The van der Waals surface area contributed by atoms with E-state index >= 15 is 0 Å². The second kappa shape index (κ2) is 5.77. The first-order valence-corrected chi connectivity index (χ1v) is 8.03. The van der Waals surface area contributed by atoms with Gasteiger partial charge in [-0.1, -0.05) is 42.0 Å². The summed E-state index contributed by atoms with van der Waals surface area (Å²) in [7, 11) is -3.49. The molecule has 0 heterocycles. The van der Waals surface area contributed by atoms with Crippen LogP contribution in [0.5, 0.6) is 0 Å². The molecule has 0 saturated heterocycles. The number of aryl methyl sites for hydroxylation is 2. The zero-order valence-electron chi connectivity index (χ0n) is 11.9. The number of nitrogens with one attached hydrogen (secondary N) is 1. The summed E-state index contributed by atoms with van der Waals surface area (Å²) in [6.45, 7) is 5.85. The molecule has 106 valence electrons. The van der Waals surface area contributed by atoms with Crippen LogP contribution >= 0.6 is 0 Å². The summed E-state index contributed by atoms with van der Waals surface area (Å²) in [5, 5.41) is 0. The molecule has 0 amide bonds. The Morgan fingerprint density at radius 1 is 1.00 bits per heavy atom. The molecular weight excluding hydrogens is 270 g/mol. The molecule has 0 radical (unpaired) electrons. The largest absolute Gasteiger partial charge is 0.241 e. The smallest absolute Gasteiger partial charge is 0.207 e. The molecule has 2 rings (SSSR count). The van der Waals surface area contributed by atoms with E-state index < -0.39 is 10.0 Å². The molecule has 0 bridgehead atoms. The highest BCUT2D eigenvalue weighted by Crippen LogP contribution is 2.21. The fraction of sp³-hybridized carbons (Fsp3) is 0.250. The summed E-state index contributed by atoms with van der Waals surface area (Å²) >= 11 is 0. The fourth-order valence-electron chi connectivity index (χ4n) is 2.19. The number of hydrogen-bond acceptors (Lipinski definition) is 2. The molecule has 20 heavy (non-hydrogen) atoms. The van der Waals surface area contributed by atoms with Gasteiger partial charge < -0.3 is 0 Å². The van der Waals surface area contributed by atoms with Crippen LogP contribution in [0.3, 0.4) is 0 Å². The summed E-state index contributed by atoms with van der Waals surface area (Å²) in [5.74, 6) is 0. The van der Waals surface area contributed by atoms with Gasteiger partial charge in [0.15, 0.2) is 0 Å². The van der Waals surface area contributed by atoms with Crippen LogP contribution in [0.2, 0.25) is 0 Å². The highest BCUT2D eigenvalue weighted by atomic mass is 32.2. The molecule has 0 aliphatic carbocycles. The maximum absolute atomic E-state index is 12.3. The van der Waals surface area contributed by atoms with Crippen molar-refractivity contribution in [2.24, 2.45) is 0 Å². The van der Waals surface area contributed by atoms with E-state index in [1.165, 1.54) is 0 Å². The summed E-state index contributed by atoms with van der Waals surface area (Å²) in [6.07, 6.45) is 0. The first-order chi connectivity index (χ1) is 9.40. The van der Waals surface area contributed by atoms with Crippen molar-refractivity contribution in [2.75, 3.05) is 0 Å². The topological polar surface area (TPSA) is 46.2 Å². The molecule has 0 aliphatic rings. The molecule has 3 nitrogen and oxygen atoms in total. The van der Waals surface area contributed by atoms with Crippen molar-refractivity contribution in [2.45, 2.75) is 31.7 Å². The summed E-state index contributed by atoms with van der Waals surface area (Å²) < 4.78 is 27.3. The Bertz CT molecular complexity index is 694. The molecule has 0 fully saturated rings. The molecular formula is C16H19NO2S. The minimum Gasteiger partial charge on any atom is -0.207 e. The van der Waals surface area contributed by atoms with Crippen LogP contribution in [0.1, 0.15) is 29.7 Å². The van der Waals surface area contributed by atoms with Crippen LogP contribution in [0.4, 0.5) is 0 Å². The van der Waals surface area contributed by atoms with E-state index in [1.807, 2.05) is 39.0 Å². The van der Waals surface area contributed by atoms with E-state index in [0.717, 1.165) is 16.7 Å². The monoisotopic (exact) mass is 289 g/mol. The Balaban J connectivity index is 2.28. The van der Waals surface area contributed by atoms with Crippen LogP contribution in [0, 0.1) is 13.8 Å². The van der Waals surface area contributed by atoms with Crippen molar-refractivity contribution < 1.29 is 8.42 Å². The third kappa shape index (κ3) is 3.26. The van der Waals surface area contributed by atoms with Crippen molar-refractivity contribution in [1.29, 1.82) is 0 Å². The van der Waals surface area contributed by atoms with E-state index in [0.29, 0.717) is 0 Å². The predicted octanol–water partition coefficient (Wildman–Crippen LogP) is 3.34. The van der Waals surface area contributed by atoms with Gasteiger partial charge >= 0.3 is 0 Å². The quantitative estimate of drug-likeness (QED) is 0.938. The van der Waals surface area contributed by atoms with Crippen molar-refractivity contribution >= 4 is 10.0 Å². The van der Waals surface area contributed by atoms with Crippen LogP contribution in [0.25, 0.3) is 0 Å². The van der Waals surface area contributed by atoms with E-state index in [9.17, 15) is 8.42 Å².